The molecule has 1 aromatic carbocycles. The van der Waals surface area contributed by atoms with E-state index in [1.807, 2.05) is 0 Å². The van der Waals surface area contributed by atoms with Gasteiger partial charge in [0.1, 0.15) is 0 Å². The second kappa shape index (κ2) is 3.31. The average molecular weight is 206 g/mol. The van der Waals surface area contributed by atoms with Crippen molar-refractivity contribution in [1.82, 2.24) is 0 Å². The molecule has 0 aliphatic heterocycles. The van der Waals surface area contributed by atoms with E-state index < -0.39 is 0 Å². The molecule has 0 aliphatic rings. The molecule has 0 bridgehead atoms. The maximum Gasteiger partial charge on any atom is 0.159 e. The second-order valence-electron chi connectivity index (χ2n) is 1.75. The zero-order valence-electron chi connectivity index (χ0n) is 5.11. The van der Waals surface area contributed by atoms with Gasteiger partial charge in [-0.25, -0.2) is 0 Å². The standard InChI is InChI=1S/C6H7NO2.BrH/c7-4-1-2-5(8)6(9)3-4;/h1-3,8-9H,7H2;1H. The lowest BCUT2D eigenvalue weighted by atomic mass is 10.3. The third-order valence-corrected chi connectivity index (χ3v) is 0.999. The zero-order chi connectivity index (χ0) is 6.85. The van der Waals surface area contributed by atoms with E-state index in [9.17, 15) is 0 Å². The van der Waals surface area contributed by atoms with Crippen LogP contribution in [0.4, 0.5) is 5.69 Å². The summed E-state index contributed by atoms with van der Waals surface area (Å²) in [6.07, 6.45) is 0. The fourth-order valence-corrected chi connectivity index (χ4v) is 0.540. The van der Waals surface area contributed by atoms with Gasteiger partial charge in [0.2, 0.25) is 0 Å². The van der Waals surface area contributed by atoms with Gasteiger partial charge in [-0.2, -0.15) is 0 Å². The highest BCUT2D eigenvalue weighted by molar-refractivity contribution is 8.93. The molecule has 0 atom stereocenters. The number of aromatic hydroxyl groups is 2. The number of hydrogen-bond acceptors (Lipinski definition) is 3. The average Bonchev–Trinajstić information content (AvgIpc) is 1.80. The van der Waals surface area contributed by atoms with Gasteiger partial charge < -0.3 is 15.9 Å². The van der Waals surface area contributed by atoms with Crippen LogP contribution in [0.3, 0.4) is 0 Å². The van der Waals surface area contributed by atoms with Crippen molar-refractivity contribution in [3.8, 4) is 11.5 Å². The molecule has 1 aromatic rings. The quantitative estimate of drug-likeness (QED) is 0.340. The minimum Gasteiger partial charge on any atom is -0.504 e. The van der Waals surface area contributed by atoms with Gasteiger partial charge in [-0.05, 0) is 12.1 Å². The van der Waals surface area contributed by atoms with Gasteiger partial charge in [0.15, 0.2) is 11.5 Å². The Bertz CT molecular complexity index is 227. The van der Waals surface area contributed by atoms with Crippen molar-refractivity contribution in [2.24, 2.45) is 0 Å². The first kappa shape index (κ1) is 9.10. The normalized spacial score (nSPS) is 8.40. The van der Waals surface area contributed by atoms with Crippen LogP contribution >= 0.6 is 17.0 Å². The van der Waals surface area contributed by atoms with E-state index in [0.29, 0.717) is 5.69 Å². The molecule has 0 aliphatic carbocycles. The fourth-order valence-electron chi connectivity index (χ4n) is 0.540. The van der Waals surface area contributed by atoms with E-state index in [-0.39, 0.29) is 28.5 Å². The second-order valence-corrected chi connectivity index (χ2v) is 1.75. The van der Waals surface area contributed by atoms with Gasteiger partial charge in [-0.15, -0.1) is 17.0 Å². The Balaban J connectivity index is 0.000000810. The van der Waals surface area contributed by atoms with Crippen molar-refractivity contribution >= 4 is 22.7 Å². The summed E-state index contributed by atoms with van der Waals surface area (Å²) in [6, 6.07) is 4.13. The zero-order valence-corrected chi connectivity index (χ0v) is 6.83. The number of benzene rings is 1. The van der Waals surface area contributed by atoms with Crippen LogP contribution in [-0.4, -0.2) is 10.2 Å². The molecule has 3 nitrogen and oxygen atoms in total. The van der Waals surface area contributed by atoms with Crippen LogP contribution in [0.2, 0.25) is 0 Å². The topological polar surface area (TPSA) is 66.5 Å². The molecule has 4 heteroatoms. The van der Waals surface area contributed by atoms with Crippen LogP contribution in [0, 0.1) is 0 Å². The highest BCUT2D eigenvalue weighted by Gasteiger charge is 1.95. The van der Waals surface area contributed by atoms with Gasteiger partial charge >= 0.3 is 0 Å². The number of phenols is 2. The van der Waals surface area contributed by atoms with E-state index in [1.54, 1.807) is 0 Å². The van der Waals surface area contributed by atoms with Gasteiger partial charge in [-0.3, -0.25) is 0 Å². The van der Waals surface area contributed by atoms with Gasteiger partial charge in [0.05, 0.1) is 0 Å². The maximum absolute atomic E-state index is 8.77. The number of halogens is 1. The Kier molecular flexibility index (Phi) is 3.02. The molecule has 0 unspecified atom stereocenters. The molecule has 0 saturated heterocycles. The predicted octanol–water partition coefficient (Wildman–Crippen LogP) is 1.26. The minimum atomic E-state index is -0.185. The summed E-state index contributed by atoms with van der Waals surface area (Å²) in [7, 11) is 0. The number of phenolic OH excluding ortho intramolecular Hbond substituents is 2. The van der Waals surface area contributed by atoms with Gasteiger partial charge in [-0.1, -0.05) is 0 Å². The lowest BCUT2D eigenvalue weighted by molar-refractivity contribution is 0.404. The maximum atomic E-state index is 8.77. The molecule has 0 amide bonds. The highest BCUT2D eigenvalue weighted by atomic mass is 79.9. The number of nitrogen functional groups attached to an aromatic ring is 1. The van der Waals surface area contributed by atoms with Crippen LogP contribution in [0.25, 0.3) is 0 Å². The Morgan fingerprint density at radius 2 is 1.70 bits per heavy atom. The highest BCUT2D eigenvalue weighted by Crippen LogP contribution is 2.25. The van der Waals surface area contributed by atoms with Crippen LogP contribution in [0.1, 0.15) is 0 Å². The summed E-state index contributed by atoms with van der Waals surface area (Å²) in [5.41, 5.74) is 5.69. The van der Waals surface area contributed by atoms with Crippen molar-refractivity contribution in [3.63, 3.8) is 0 Å². The number of nitrogens with two attached hydrogens (primary N) is 1. The summed E-state index contributed by atoms with van der Waals surface area (Å²) in [4.78, 5) is 0. The Hall–Kier alpha value is -0.900. The third-order valence-electron chi connectivity index (χ3n) is 0.999. The Labute approximate surface area is 68.9 Å². The molecular weight excluding hydrogens is 198 g/mol. The first-order chi connectivity index (χ1) is 4.20. The SMILES string of the molecule is Br.Nc1ccc(O)c(O)c1. The first-order valence-electron chi connectivity index (χ1n) is 2.47. The van der Waals surface area contributed by atoms with Crippen molar-refractivity contribution in [2.75, 3.05) is 5.73 Å². The van der Waals surface area contributed by atoms with Gasteiger partial charge in [0.25, 0.3) is 0 Å². The van der Waals surface area contributed by atoms with E-state index in [4.69, 9.17) is 15.9 Å². The first-order valence-corrected chi connectivity index (χ1v) is 2.47. The largest absolute Gasteiger partial charge is 0.504 e. The summed E-state index contributed by atoms with van der Waals surface area (Å²) in [5, 5.41) is 17.5. The summed E-state index contributed by atoms with van der Waals surface area (Å²) < 4.78 is 0. The van der Waals surface area contributed by atoms with E-state index >= 15 is 0 Å². The molecule has 0 heterocycles. The number of hydrogen-bond donors (Lipinski definition) is 3. The summed E-state index contributed by atoms with van der Waals surface area (Å²) >= 11 is 0. The molecule has 0 fully saturated rings. The van der Waals surface area contributed by atoms with E-state index in [1.165, 1.54) is 18.2 Å². The Morgan fingerprint density at radius 1 is 1.10 bits per heavy atom. The molecule has 0 spiro atoms. The summed E-state index contributed by atoms with van der Waals surface area (Å²) in [6.45, 7) is 0. The van der Waals surface area contributed by atoms with Gasteiger partial charge in [0, 0.05) is 11.8 Å². The van der Waals surface area contributed by atoms with Crippen LogP contribution < -0.4 is 5.73 Å². The predicted molar refractivity (Wildman–Crippen MR) is 44.5 cm³/mol. The van der Waals surface area contributed by atoms with Crippen LogP contribution in [-0.2, 0) is 0 Å². The van der Waals surface area contributed by atoms with Crippen molar-refractivity contribution in [1.29, 1.82) is 0 Å². The molecular formula is C6H8BrNO2. The molecule has 1 rings (SSSR count). The molecule has 10 heavy (non-hydrogen) atoms. The molecule has 56 valence electrons. The minimum absolute atomic E-state index is 0. The van der Waals surface area contributed by atoms with E-state index in [2.05, 4.69) is 0 Å². The van der Waals surface area contributed by atoms with Crippen molar-refractivity contribution in [2.45, 2.75) is 0 Å². The molecule has 4 N–H and O–H groups in total. The monoisotopic (exact) mass is 205 g/mol. The lowest BCUT2D eigenvalue weighted by Crippen LogP contribution is -1.81. The van der Waals surface area contributed by atoms with Crippen LogP contribution in [0.5, 0.6) is 11.5 Å². The van der Waals surface area contributed by atoms with E-state index in [0.717, 1.165) is 0 Å². The number of rotatable bonds is 0. The number of anilines is 1. The fraction of sp³-hybridized carbons (Fsp3) is 0. The summed E-state index contributed by atoms with van der Waals surface area (Å²) in [5.74, 6) is -0.334. The molecule has 0 aromatic heterocycles. The smallest absolute Gasteiger partial charge is 0.159 e. The Morgan fingerprint density at radius 3 is 2.10 bits per heavy atom. The molecule has 0 saturated carbocycles. The molecule has 0 radical (unpaired) electrons. The van der Waals surface area contributed by atoms with Crippen LogP contribution in [0.15, 0.2) is 18.2 Å². The van der Waals surface area contributed by atoms with Crippen molar-refractivity contribution < 1.29 is 10.2 Å². The lowest BCUT2D eigenvalue weighted by Gasteiger charge is -1.95. The third kappa shape index (κ3) is 1.80. The van der Waals surface area contributed by atoms with Crippen molar-refractivity contribution in [3.05, 3.63) is 18.2 Å².